The molecule has 0 saturated heterocycles. The molecule has 1 aliphatic heterocycles. The van der Waals surface area contributed by atoms with Gasteiger partial charge in [0.2, 0.25) is 0 Å². The van der Waals surface area contributed by atoms with Crippen LogP contribution in [0.5, 0.6) is 0 Å². The molecule has 1 fully saturated rings. The molecule has 0 N–H and O–H groups in total. The summed E-state index contributed by atoms with van der Waals surface area (Å²) in [6.07, 6.45) is 17.1. The zero-order chi connectivity index (χ0) is 35.3. The Morgan fingerprint density at radius 2 is 1.02 bits per heavy atom. The lowest BCUT2D eigenvalue weighted by molar-refractivity contribution is 0.642. The highest BCUT2D eigenvalue weighted by atomic mass is 15.2. The van der Waals surface area contributed by atoms with E-state index < -0.39 is 0 Å². The maximum atomic E-state index is 2.61. The molecule has 1 heteroatoms. The van der Waals surface area contributed by atoms with E-state index >= 15 is 0 Å². The highest BCUT2D eigenvalue weighted by Gasteiger charge is 2.42. The Balaban J connectivity index is 1.03. The Kier molecular flexibility index (Phi) is 9.67. The molecule has 8 rings (SSSR count). The second-order valence-corrected chi connectivity index (χ2v) is 14.2. The van der Waals surface area contributed by atoms with Gasteiger partial charge < -0.3 is 4.90 Å². The summed E-state index contributed by atoms with van der Waals surface area (Å²) >= 11 is 0. The van der Waals surface area contributed by atoms with Crippen LogP contribution in [0.2, 0.25) is 0 Å². The number of anilines is 2. The van der Waals surface area contributed by atoms with Gasteiger partial charge in [0.05, 0.1) is 0 Å². The molecule has 2 aliphatic rings. The standard InChI is InChI=1S/C51H45N/c1-37-22-29-43(30-23-37)47(44-31-24-38(2)25-32-44)18-9-12-39-26-33-45(34-27-39)52-50-21-11-20-48(50)49-36-40(28-35-51(49)52)13-10-19-46(41-14-5-3-6-15-41)42-16-7-4-8-17-42/h3-10,12-19,22-36,48,50H,11,20-21H2,1-2H3/b12-9+,13-10+. The first-order chi connectivity index (χ1) is 25.6. The van der Waals surface area contributed by atoms with E-state index in [2.05, 4.69) is 207 Å². The van der Waals surface area contributed by atoms with Crippen LogP contribution >= 0.6 is 0 Å². The summed E-state index contributed by atoms with van der Waals surface area (Å²) in [5.41, 5.74) is 16.5. The van der Waals surface area contributed by atoms with E-state index in [-0.39, 0.29) is 0 Å². The smallest absolute Gasteiger partial charge is 0.0450 e. The summed E-state index contributed by atoms with van der Waals surface area (Å²) in [7, 11) is 0. The fourth-order valence-electron chi connectivity index (χ4n) is 7.99. The van der Waals surface area contributed by atoms with Gasteiger partial charge in [0.15, 0.2) is 0 Å². The van der Waals surface area contributed by atoms with Crippen molar-refractivity contribution >= 4 is 34.7 Å². The lowest BCUT2D eigenvalue weighted by Crippen LogP contribution is -2.26. The van der Waals surface area contributed by atoms with E-state index in [1.54, 1.807) is 0 Å². The molecule has 0 bridgehead atoms. The van der Waals surface area contributed by atoms with Crippen LogP contribution in [-0.4, -0.2) is 6.04 Å². The van der Waals surface area contributed by atoms with Crippen molar-refractivity contribution in [2.24, 2.45) is 0 Å². The van der Waals surface area contributed by atoms with Gasteiger partial charge in [-0.05, 0) is 101 Å². The predicted molar refractivity (Wildman–Crippen MR) is 223 cm³/mol. The van der Waals surface area contributed by atoms with Crippen molar-refractivity contribution in [3.05, 3.63) is 226 Å². The van der Waals surface area contributed by atoms with Crippen LogP contribution in [0.1, 0.15) is 75.3 Å². The second-order valence-electron chi connectivity index (χ2n) is 14.2. The fourth-order valence-corrected chi connectivity index (χ4v) is 7.99. The van der Waals surface area contributed by atoms with Crippen LogP contribution in [0.25, 0.3) is 23.3 Å². The summed E-state index contributed by atoms with van der Waals surface area (Å²) < 4.78 is 0. The van der Waals surface area contributed by atoms with Gasteiger partial charge in [-0.25, -0.2) is 0 Å². The summed E-state index contributed by atoms with van der Waals surface area (Å²) in [4.78, 5) is 2.61. The maximum absolute atomic E-state index is 2.61. The van der Waals surface area contributed by atoms with Gasteiger partial charge in [0.25, 0.3) is 0 Å². The Morgan fingerprint density at radius 3 is 1.58 bits per heavy atom. The van der Waals surface area contributed by atoms with Gasteiger partial charge in [0.1, 0.15) is 0 Å². The third kappa shape index (κ3) is 7.13. The first kappa shape index (κ1) is 33.2. The van der Waals surface area contributed by atoms with E-state index in [1.807, 2.05) is 0 Å². The molecule has 6 aromatic rings. The molecule has 52 heavy (non-hydrogen) atoms. The zero-order valence-corrected chi connectivity index (χ0v) is 30.1. The number of hydrogen-bond acceptors (Lipinski definition) is 1. The van der Waals surface area contributed by atoms with Crippen molar-refractivity contribution in [3.8, 4) is 0 Å². The third-order valence-electron chi connectivity index (χ3n) is 10.7. The average molecular weight is 672 g/mol. The molecule has 6 aromatic carbocycles. The molecule has 254 valence electrons. The third-order valence-corrected chi connectivity index (χ3v) is 10.7. The monoisotopic (exact) mass is 671 g/mol. The molecule has 1 aliphatic carbocycles. The van der Waals surface area contributed by atoms with E-state index in [0.29, 0.717) is 12.0 Å². The second kappa shape index (κ2) is 15.1. The molecule has 2 atom stereocenters. The van der Waals surface area contributed by atoms with Crippen LogP contribution in [-0.2, 0) is 0 Å². The number of aryl methyl sites for hydroxylation is 2. The van der Waals surface area contributed by atoms with Crippen LogP contribution < -0.4 is 4.90 Å². The minimum atomic E-state index is 0.521. The first-order valence-corrected chi connectivity index (χ1v) is 18.7. The summed E-state index contributed by atoms with van der Waals surface area (Å²) in [6, 6.07) is 55.7. The number of nitrogens with zero attached hydrogens (tertiary/aromatic N) is 1. The number of benzene rings is 6. The van der Waals surface area contributed by atoms with E-state index in [4.69, 9.17) is 0 Å². The minimum Gasteiger partial charge on any atom is -0.338 e. The lowest BCUT2D eigenvalue weighted by atomic mass is 9.95. The number of fused-ring (bicyclic) bond motifs is 3. The minimum absolute atomic E-state index is 0.521. The highest BCUT2D eigenvalue weighted by Crippen LogP contribution is 2.52. The van der Waals surface area contributed by atoms with E-state index in [9.17, 15) is 0 Å². The lowest BCUT2D eigenvalue weighted by Gasteiger charge is -2.27. The van der Waals surface area contributed by atoms with Crippen molar-refractivity contribution in [3.63, 3.8) is 0 Å². The van der Waals surface area contributed by atoms with Crippen molar-refractivity contribution in [1.29, 1.82) is 0 Å². The van der Waals surface area contributed by atoms with Gasteiger partial charge in [-0.3, -0.25) is 0 Å². The van der Waals surface area contributed by atoms with Crippen molar-refractivity contribution in [1.82, 2.24) is 0 Å². The quantitative estimate of drug-likeness (QED) is 0.138. The molecule has 1 saturated carbocycles. The van der Waals surface area contributed by atoms with Crippen LogP contribution in [0, 0.1) is 13.8 Å². The predicted octanol–water partition coefficient (Wildman–Crippen LogP) is 13.4. The van der Waals surface area contributed by atoms with Gasteiger partial charge in [-0.1, -0.05) is 181 Å². The van der Waals surface area contributed by atoms with Crippen LogP contribution in [0.3, 0.4) is 0 Å². The maximum Gasteiger partial charge on any atom is 0.0450 e. The molecule has 0 aromatic heterocycles. The van der Waals surface area contributed by atoms with Gasteiger partial charge in [-0.2, -0.15) is 0 Å². The number of allylic oxidation sites excluding steroid dienone is 4. The molecule has 1 heterocycles. The normalized spacial score (nSPS) is 16.2. The van der Waals surface area contributed by atoms with Crippen LogP contribution in [0.4, 0.5) is 11.4 Å². The Morgan fingerprint density at radius 1 is 0.519 bits per heavy atom. The number of rotatable bonds is 9. The largest absolute Gasteiger partial charge is 0.338 e. The van der Waals surface area contributed by atoms with Gasteiger partial charge in [0, 0.05) is 23.3 Å². The summed E-state index contributed by atoms with van der Waals surface area (Å²) in [6.45, 7) is 4.28. The van der Waals surface area contributed by atoms with Crippen molar-refractivity contribution < 1.29 is 0 Å². The highest BCUT2D eigenvalue weighted by molar-refractivity contribution is 5.83. The molecule has 0 spiro atoms. The topological polar surface area (TPSA) is 3.24 Å². The van der Waals surface area contributed by atoms with Crippen molar-refractivity contribution in [2.75, 3.05) is 4.90 Å². The first-order valence-electron chi connectivity index (χ1n) is 18.7. The molecular weight excluding hydrogens is 627 g/mol. The van der Waals surface area contributed by atoms with E-state index in [0.717, 1.165) is 0 Å². The summed E-state index contributed by atoms with van der Waals surface area (Å²) in [5, 5.41) is 0. The molecular formula is C51H45N. The van der Waals surface area contributed by atoms with Gasteiger partial charge in [-0.15, -0.1) is 0 Å². The Hall–Kier alpha value is -5.92. The molecule has 1 nitrogen and oxygen atoms in total. The fraction of sp³-hybridized carbons (Fsp3) is 0.137. The summed E-state index contributed by atoms with van der Waals surface area (Å²) in [5.74, 6) is 0.578. The van der Waals surface area contributed by atoms with Crippen molar-refractivity contribution in [2.45, 2.75) is 45.1 Å². The average Bonchev–Trinajstić information content (AvgIpc) is 3.78. The Bertz CT molecular complexity index is 2160. The molecule has 0 radical (unpaired) electrons. The Labute approximate surface area is 309 Å². The van der Waals surface area contributed by atoms with Gasteiger partial charge >= 0.3 is 0 Å². The zero-order valence-electron chi connectivity index (χ0n) is 30.1. The molecule has 0 amide bonds. The SMILES string of the molecule is Cc1ccc(C(=C/C=C/c2ccc(N3c4ccc(/C=C/C=C(c5ccccc5)c5ccccc5)cc4C4CCCC43)cc2)c2ccc(C)cc2)cc1. The van der Waals surface area contributed by atoms with Crippen LogP contribution in [0.15, 0.2) is 176 Å². The van der Waals surface area contributed by atoms with E-state index in [1.165, 1.54) is 91.9 Å². The molecule has 2 unspecified atom stereocenters. The number of hydrogen-bond donors (Lipinski definition) is 0.